The summed E-state index contributed by atoms with van der Waals surface area (Å²) < 4.78 is 5.30. The van der Waals surface area contributed by atoms with Crippen LogP contribution in [-0.2, 0) is 11.2 Å². The molecule has 0 aliphatic rings. The van der Waals surface area contributed by atoms with Crippen LogP contribution in [0.3, 0.4) is 0 Å². The van der Waals surface area contributed by atoms with Crippen molar-refractivity contribution in [2.24, 2.45) is 0 Å². The number of rotatable bonds is 5. The van der Waals surface area contributed by atoms with Gasteiger partial charge in [-0.1, -0.05) is 41.9 Å². The summed E-state index contributed by atoms with van der Waals surface area (Å²) in [6, 6.07) is 15.1. The Kier molecular flexibility index (Phi) is 5.06. The average Bonchev–Trinajstić information content (AvgIpc) is 2.58. The molecule has 0 aliphatic heterocycles. The third-order valence-electron chi connectivity index (χ3n) is 3.66. The number of esters is 1. The Morgan fingerprint density at radius 3 is 2.79 bits per heavy atom. The van der Waals surface area contributed by atoms with Gasteiger partial charge in [0.15, 0.2) is 5.69 Å². The molecule has 4 nitrogen and oxygen atoms in total. The highest BCUT2D eigenvalue weighted by atomic mass is 35.5. The van der Waals surface area contributed by atoms with E-state index in [-0.39, 0.29) is 5.69 Å². The van der Waals surface area contributed by atoms with Gasteiger partial charge in [0.25, 0.3) is 0 Å². The second-order valence-electron chi connectivity index (χ2n) is 5.53. The number of halogens is 1. The van der Waals surface area contributed by atoms with Crippen molar-refractivity contribution in [1.29, 1.82) is 0 Å². The van der Waals surface area contributed by atoms with Crippen molar-refractivity contribution in [2.75, 3.05) is 6.61 Å². The summed E-state index contributed by atoms with van der Waals surface area (Å²) in [5.74, 6) is -0.458. The number of aromatic nitrogens is 2. The van der Waals surface area contributed by atoms with Crippen molar-refractivity contribution in [2.45, 2.75) is 19.8 Å². The summed E-state index contributed by atoms with van der Waals surface area (Å²) in [5, 5.41) is 2.00. The molecule has 0 spiro atoms. The van der Waals surface area contributed by atoms with Crippen molar-refractivity contribution in [1.82, 2.24) is 9.97 Å². The molecule has 0 atom stereocenters. The van der Waals surface area contributed by atoms with Gasteiger partial charge in [-0.15, -0.1) is 0 Å². The molecule has 0 radical (unpaired) electrons. The quantitative estimate of drug-likeness (QED) is 0.393. The first-order valence-corrected chi connectivity index (χ1v) is 8.16. The normalized spacial score (nSPS) is 10.8. The zero-order valence-corrected chi connectivity index (χ0v) is 14.1. The van der Waals surface area contributed by atoms with E-state index in [2.05, 4.69) is 9.97 Å². The van der Waals surface area contributed by atoms with Crippen molar-refractivity contribution < 1.29 is 9.53 Å². The van der Waals surface area contributed by atoms with E-state index in [9.17, 15) is 4.79 Å². The van der Waals surface area contributed by atoms with Gasteiger partial charge in [-0.05, 0) is 43.4 Å². The lowest BCUT2D eigenvalue weighted by molar-refractivity contribution is 0.0493. The minimum atomic E-state index is -0.458. The Morgan fingerprint density at radius 1 is 1.12 bits per heavy atom. The van der Waals surface area contributed by atoms with E-state index in [0.29, 0.717) is 18.2 Å². The number of benzene rings is 1. The monoisotopic (exact) mass is 340 g/mol. The number of hydrogen-bond acceptors (Lipinski definition) is 4. The fourth-order valence-electron chi connectivity index (χ4n) is 2.49. The number of ether oxygens (including phenoxy) is 1. The molecule has 0 N–H and O–H groups in total. The van der Waals surface area contributed by atoms with Crippen LogP contribution in [0.5, 0.6) is 0 Å². The third-order valence-corrected chi connectivity index (χ3v) is 3.95. The molecule has 0 fully saturated rings. The molecule has 5 heteroatoms. The first-order chi connectivity index (χ1) is 11.6. The molecular formula is C19H17ClN2O2. The van der Waals surface area contributed by atoms with Gasteiger partial charge in [0, 0.05) is 16.8 Å². The molecule has 24 heavy (non-hydrogen) atoms. The lowest BCUT2D eigenvalue weighted by atomic mass is 10.1. The smallest absolute Gasteiger partial charge is 0.357 e. The SMILES string of the molecule is Cc1cccc(CCCOC(=O)c2cc3ccccc3c(Cl)n2)n1. The van der Waals surface area contributed by atoms with Crippen LogP contribution in [0.25, 0.3) is 10.8 Å². The Balaban J connectivity index is 1.59. The van der Waals surface area contributed by atoms with Crippen molar-refractivity contribution in [3.63, 3.8) is 0 Å². The number of carbonyl (C=O) groups excluding carboxylic acids is 1. The van der Waals surface area contributed by atoms with E-state index in [1.165, 1.54) is 0 Å². The van der Waals surface area contributed by atoms with Crippen molar-refractivity contribution in [3.8, 4) is 0 Å². The van der Waals surface area contributed by atoms with Gasteiger partial charge in [0.2, 0.25) is 0 Å². The van der Waals surface area contributed by atoms with Crippen LogP contribution in [-0.4, -0.2) is 22.5 Å². The molecule has 0 amide bonds. The van der Waals surface area contributed by atoms with Gasteiger partial charge < -0.3 is 4.74 Å². The lowest BCUT2D eigenvalue weighted by Crippen LogP contribution is -2.09. The predicted molar refractivity (Wildman–Crippen MR) is 94.3 cm³/mol. The second kappa shape index (κ2) is 7.41. The maximum atomic E-state index is 12.1. The van der Waals surface area contributed by atoms with Crippen LogP contribution in [0.15, 0.2) is 48.5 Å². The summed E-state index contributed by atoms with van der Waals surface area (Å²) in [7, 11) is 0. The van der Waals surface area contributed by atoms with Crippen LogP contribution >= 0.6 is 11.6 Å². The molecule has 0 unspecified atom stereocenters. The van der Waals surface area contributed by atoms with Gasteiger partial charge in [0.1, 0.15) is 5.15 Å². The van der Waals surface area contributed by atoms with Crippen LogP contribution in [0, 0.1) is 6.92 Å². The average molecular weight is 341 g/mol. The summed E-state index contributed by atoms with van der Waals surface area (Å²) in [6.45, 7) is 2.28. The van der Waals surface area contributed by atoms with E-state index < -0.39 is 5.97 Å². The highest BCUT2D eigenvalue weighted by Gasteiger charge is 2.12. The van der Waals surface area contributed by atoms with Crippen LogP contribution in [0.2, 0.25) is 5.15 Å². The number of carbonyl (C=O) groups is 1. The highest BCUT2D eigenvalue weighted by Crippen LogP contribution is 2.22. The maximum absolute atomic E-state index is 12.1. The Hall–Kier alpha value is -2.46. The molecule has 1 aromatic carbocycles. The Bertz CT molecular complexity index is 880. The van der Waals surface area contributed by atoms with E-state index in [1.807, 2.05) is 49.4 Å². The minimum Gasteiger partial charge on any atom is -0.461 e. The molecule has 3 aromatic rings. The largest absolute Gasteiger partial charge is 0.461 e. The van der Waals surface area contributed by atoms with Crippen molar-refractivity contribution in [3.05, 3.63) is 70.8 Å². The van der Waals surface area contributed by atoms with Gasteiger partial charge in [-0.3, -0.25) is 4.98 Å². The number of pyridine rings is 2. The molecular weight excluding hydrogens is 324 g/mol. The first kappa shape index (κ1) is 16.4. The first-order valence-electron chi connectivity index (χ1n) is 7.78. The number of fused-ring (bicyclic) bond motifs is 1. The minimum absolute atomic E-state index is 0.229. The lowest BCUT2D eigenvalue weighted by Gasteiger charge is -2.07. The standard InChI is InChI=1S/C19H17ClN2O2/c1-13-6-4-8-15(21-13)9-5-11-24-19(23)17-12-14-7-2-3-10-16(14)18(20)22-17/h2-4,6-8,10,12H,5,9,11H2,1H3. The molecule has 122 valence electrons. The predicted octanol–water partition coefficient (Wildman–Crippen LogP) is 4.38. The van der Waals surface area contributed by atoms with Gasteiger partial charge in [-0.25, -0.2) is 9.78 Å². The summed E-state index contributed by atoms with van der Waals surface area (Å²) in [6.07, 6.45) is 1.48. The topological polar surface area (TPSA) is 52.1 Å². The third kappa shape index (κ3) is 3.89. The fourth-order valence-corrected chi connectivity index (χ4v) is 2.75. The number of hydrogen-bond donors (Lipinski definition) is 0. The molecule has 2 aromatic heterocycles. The van der Waals surface area contributed by atoms with E-state index >= 15 is 0 Å². The summed E-state index contributed by atoms with van der Waals surface area (Å²) in [4.78, 5) is 20.7. The van der Waals surface area contributed by atoms with E-state index in [0.717, 1.165) is 28.6 Å². The molecule has 3 rings (SSSR count). The second-order valence-corrected chi connectivity index (χ2v) is 5.89. The molecule has 0 saturated carbocycles. The molecule has 0 saturated heterocycles. The molecule has 2 heterocycles. The van der Waals surface area contributed by atoms with Crippen molar-refractivity contribution >= 4 is 28.3 Å². The molecule has 0 aliphatic carbocycles. The highest BCUT2D eigenvalue weighted by molar-refractivity contribution is 6.34. The summed E-state index contributed by atoms with van der Waals surface area (Å²) >= 11 is 6.14. The van der Waals surface area contributed by atoms with Crippen LogP contribution in [0.1, 0.15) is 28.3 Å². The maximum Gasteiger partial charge on any atom is 0.357 e. The zero-order chi connectivity index (χ0) is 16.9. The van der Waals surface area contributed by atoms with Gasteiger partial charge in [-0.2, -0.15) is 0 Å². The molecule has 0 bridgehead atoms. The van der Waals surface area contributed by atoms with Crippen LogP contribution in [0.4, 0.5) is 0 Å². The van der Waals surface area contributed by atoms with Crippen LogP contribution < -0.4 is 0 Å². The number of nitrogens with zero attached hydrogens (tertiary/aromatic N) is 2. The van der Waals surface area contributed by atoms with E-state index in [1.54, 1.807) is 6.07 Å². The van der Waals surface area contributed by atoms with Gasteiger partial charge in [0.05, 0.1) is 6.61 Å². The van der Waals surface area contributed by atoms with Gasteiger partial charge >= 0.3 is 5.97 Å². The fraction of sp³-hybridized carbons (Fsp3) is 0.211. The Labute approximate surface area is 145 Å². The zero-order valence-electron chi connectivity index (χ0n) is 13.3. The van der Waals surface area contributed by atoms with E-state index in [4.69, 9.17) is 16.3 Å². The Morgan fingerprint density at radius 2 is 1.96 bits per heavy atom. The number of aryl methyl sites for hydroxylation is 2. The summed E-state index contributed by atoms with van der Waals surface area (Å²) in [5.41, 5.74) is 2.21.